The van der Waals surface area contributed by atoms with Gasteiger partial charge in [-0.25, -0.2) is 9.59 Å². The summed E-state index contributed by atoms with van der Waals surface area (Å²) in [6, 6.07) is 11.1. The first-order valence-electron chi connectivity index (χ1n) is 10.9. The molecule has 0 aliphatic heterocycles. The van der Waals surface area contributed by atoms with Crippen molar-refractivity contribution in [1.82, 2.24) is 5.32 Å². The van der Waals surface area contributed by atoms with Gasteiger partial charge in [-0.05, 0) is 78.8 Å². The van der Waals surface area contributed by atoms with E-state index in [-0.39, 0.29) is 29.0 Å². The van der Waals surface area contributed by atoms with Crippen LogP contribution in [0.2, 0.25) is 10.0 Å². The van der Waals surface area contributed by atoms with E-state index in [0.29, 0.717) is 21.7 Å². The Morgan fingerprint density at radius 2 is 1.53 bits per heavy atom. The topological polar surface area (TPSA) is 78.4 Å². The number of nitrogens with one attached hydrogen (secondary N) is 2. The highest BCUT2D eigenvalue weighted by Gasteiger charge is 2.34. The number of carbonyl (C=O) groups excluding carboxylic acids is 1. The third-order valence-electron chi connectivity index (χ3n) is 6.39. The molecule has 1 atom stereocenters. The van der Waals surface area contributed by atoms with Gasteiger partial charge in [0, 0.05) is 15.7 Å². The van der Waals surface area contributed by atoms with E-state index in [0.717, 1.165) is 31.2 Å². The van der Waals surface area contributed by atoms with Crippen LogP contribution in [0.5, 0.6) is 0 Å². The summed E-state index contributed by atoms with van der Waals surface area (Å²) in [7, 11) is 0. The molecule has 32 heavy (non-hydrogen) atoms. The van der Waals surface area contributed by atoms with Crippen molar-refractivity contribution in [2.75, 3.05) is 5.32 Å². The van der Waals surface area contributed by atoms with Crippen molar-refractivity contribution in [2.24, 2.45) is 17.3 Å². The molecule has 172 valence electrons. The van der Waals surface area contributed by atoms with Crippen LogP contribution in [-0.2, 0) is 0 Å². The van der Waals surface area contributed by atoms with Gasteiger partial charge in [-0.1, -0.05) is 56.1 Å². The van der Waals surface area contributed by atoms with Gasteiger partial charge in [-0.3, -0.25) is 0 Å². The van der Waals surface area contributed by atoms with Gasteiger partial charge in [0.2, 0.25) is 0 Å². The summed E-state index contributed by atoms with van der Waals surface area (Å²) in [6.07, 6.45) is 4.20. The molecule has 0 saturated heterocycles. The predicted molar refractivity (Wildman–Crippen MR) is 130 cm³/mol. The third-order valence-corrected chi connectivity index (χ3v) is 6.83. The number of carboxylic acid groups (broad SMARTS) is 1. The molecule has 2 aromatic carbocycles. The Labute approximate surface area is 199 Å². The highest BCUT2D eigenvalue weighted by molar-refractivity contribution is 6.35. The molecule has 2 amide bonds. The van der Waals surface area contributed by atoms with E-state index in [9.17, 15) is 14.7 Å². The standard InChI is InChI=1S/C25H30Cl2N2O3/c1-25(2,3)18-10-8-16(9-11-18)22(15-4-6-17(7-5-15)23(30)31)29-24(32)28-21-13-19(26)12-20(27)14-21/h4-7,12-14,16,18,22H,8-11H2,1-3H3,(H,30,31)(H2,28,29,32). The van der Waals surface area contributed by atoms with Crippen molar-refractivity contribution in [3.05, 3.63) is 63.6 Å². The SMILES string of the molecule is CC(C)(C)C1CCC(C(NC(=O)Nc2cc(Cl)cc(Cl)c2)c2ccc(C(=O)O)cc2)CC1. The normalized spacial score (nSPS) is 19.8. The molecule has 0 spiro atoms. The zero-order chi connectivity index (χ0) is 23.5. The molecule has 1 unspecified atom stereocenters. The van der Waals surface area contributed by atoms with Gasteiger partial charge in [0.25, 0.3) is 0 Å². The monoisotopic (exact) mass is 476 g/mol. The van der Waals surface area contributed by atoms with Crippen LogP contribution in [0.25, 0.3) is 0 Å². The number of hydrogen-bond donors (Lipinski definition) is 3. The largest absolute Gasteiger partial charge is 0.478 e. The number of halogens is 2. The Kier molecular flexibility index (Phi) is 7.73. The molecule has 3 rings (SSSR count). The Hall–Kier alpha value is -2.24. The second kappa shape index (κ2) is 10.1. The minimum Gasteiger partial charge on any atom is -0.478 e. The molecule has 1 aliphatic carbocycles. The van der Waals surface area contributed by atoms with Gasteiger partial charge in [0.1, 0.15) is 0 Å². The van der Waals surface area contributed by atoms with Crippen molar-refractivity contribution in [3.63, 3.8) is 0 Å². The Morgan fingerprint density at radius 1 is 0.969 bits per heavy atom. The number of urea groups is 1. The Bertz CT molecular complexity index is 942. The first-order chi connectivity index (χ1) is 15.0. The van der Waals surface area contributed by atoms with Gasteiger partial charge >= 0.3 is 12.0 Å². The summed E-state index contributed by atoms with van der Waals surface area (Å²) in [4.78, 5) is 24.1. The van der Waals surface area contributed by atoms with Crippen LogP contribution < -0.4 is 10.6 Å². The molecule has 7 heteroatoms. The molecule has 3 N–H and O–H groups in total. The summed E-state index contributed by atoms with van der Waals surface area (Å²) >= 11 is 12.1. The van der Waals surface area contributed by atoms with Gasteiger partial charge in [0.05, 0.1) is 11.6 Å². The zero-order valence-corrected chi connectivity index (χ0v) is 20.1. The summed E-state index contributed by atoms with van der Waals surface area (Å²) in [5.74, 6) is -0.0588. The van der Waals surface area contributed by atoms with Crippen molar-refractivity contribution < 1.29 is 14.7 Å². The van der Waals surface area contributed by atoms with Crippen LogP contribution in [0.15, 0.2) is 42.5 Å². The van der Waals surface area contributed by atoms with E-state index in [4.69, 9.17) is 23.2 Å². The summed E-state index contributed by atoms with van der Waals surface area (Å²) in [5.41, 5.74) is 1.90. The van der Waals surface area contributed by atoms with E-state index >= 15 is 0 Å². The van der Waals surface area contributed by atoms with Crippen LogP contribution in [0.4, 0.5) is 10.5 Å². The fourth-order valence-electron chi connectivity index (χ4n) is 4.56. The summed E-state index contributed by atoms with van der Waals surface area (Å²) < 4.78 is 0. The highest BCUT2D eigenvalue weighted by Crippen LogP contribution is 2.43. The molecule has 2 aromatic rings. The molecule has 1 fully saturated rings. The second-order valence-corrected chi connectivity index (χ2v) is 10.5. The lowest BCUT2D eigenvalue weighted by atomic mass is 9.68. The fraction of sp³-hybridized carbons (Fsp3) is 0.440. The van der Waals surface area contributed by atoms with Gasteiger partial charge in [0.15, 0.2) is 0 Å². The smallest absolute Gasteiger partial charge is 0.335 e. The molecular formula is C25H30Cl2N2O3. The van der Waals surface area contributed by atoms with Crippen molar-refractivity contribution in [1.29, 1.82) is 0 Å². The molecule has 0 aromatic heterocycles. The van der Waals surface area contributed by atoms with E-state index in [1.165, 1.54) is 0 Å². The minimum absolute atomic E-state index is 0.224. The van der Waals surface area contributed by atoms with Crippen molar-refractivity contribution in [3.8, 4) is 0 Å². The fourth-order valence-corrected chi connectivity index (χ4v) is 5.09. The molecule has 0 heterocycles. The number of amides is 2. The quantitative estimate of drug-likeness (QED) is 0.420. The highest BCUT2D eigenvalue weighted by atomic mass is 35.5. The van der Waals surface area contributed by atoms with Crippen LogP contribution in [0, 0.1) is 17.3 Å². The van der Waals surface area contributed by atoms with Crippen LogP contribution >= 0.6 is 23.2 Å². The zero-order valence-electron chi connectivity index (χ0n) is 18.6. The number of anilines is 1. The molecule has 5 nitrogen and oxygen atoms in total. The lowest BCUT2D eigenvalue weighted by Gasteiger charge is -2.39. The molecule has 1 saturated carbocycles. The maximum Gasteiger partial charge on any atom is 0.335 e. The van der Waals surface area contributed by atoms with Gasteiger partial charge < -0.3 is 15.7 Å². The molecule has 1 aliphatic rings. The first kappa shape index (κ1) is 24.4. The molecular weight excluding hydrogens is 447 g/mol. The van der Waals surface area contributed by atoms with Crippen LogP contribution in [0.1, 0.15) is 68.4 Å². The summed E-state index contributed by atoms with van der Waals surface area (Å²) in [6.45, 7) is 6.84. The van der Waals surface area contributed by atoms with E-state index in [1.54, 1.807) is 42.5 Å². The Morgan fingerprint density at radius 3 is 2.03 bits per heavy atom. The third kappa shape index (κ3) is 6.39. The van der Waals surface area contributed by atoms with E-state index < -0.39 is 5.97 Å². The lowest BCUT2D eigenvalue weighted by molar-refractivity contribution is 0.0696. The number of carboxylic acids is 1. The van der Waals surface area contributed by atoms with Crippen molar-refractivity contribution in [2.45, 2.75) is 52.5 Å². The van der Waals surface area contributed by atoms with Gasteiger partial charge in [-0.2, -0.15) is 0 Å². The predicted octanol–water partition coefficient (Wildman–Crippen LogP) is 7.41. The average Bonchev–Trinajstić information content (AvgIpc) is 2.71. The number of rotatable bonds is 5. The van der Waals surface area contributed by atoms with Crippen molar-refractivity contribution >= 4 is 40.9 Å². The second-order valence-electron chi connectivity index (χ2n) is 9.64. The summed E-state index contributed by atoms with van der Waals surface area (Å²) in [5, 5.41) is 16.0. The number of aromatic carboxylic acids is 1. The molecule has 0 bridgehead atoms. The number of benzene rings is 2. The average molecular weight is 477 g/mol. The lowest BCUT2D eigenvalue weighted by Crippen LogP contribution is -2.38. The maximum absolute atomic E-state index is 12.9. The molecule has 0 radical (unpaired) electrons. The van der Waals surface area contributed by atoms with Crippen LogP contribution in [-0.4, -0.2) is 17.1 Å². The minimum atomic E-state index is -0.970. The number of hydrogen-bond acceptors (Lipinski definition) is 2. The van der Waals surface area contributed by atoms with E-state index in [2.05, 4.69) is 31.4 Å². The van der Waals surface area contributed by atoms with Gasteiger partial charge in [-0.15, -0.1) is 0 Å². The van der Waals surface area contributed by atoms with E-state index in [1.807, 2.05) is 0 Å². The first-order valence-corrected chi connectivity index (χ1v) is 11.7. The Balaban J connectivity index is 1.78. The number of carbonyl (C=O) groups is 2. The maximum atomic E-state index is 12.9. The van der Waals surface area contributed by atoms with Crippen LogP contribution in [0.3, 0.4) is 0 Å².